The van der Waals surface area contributed by atoms with Gasteiger partial charge in [0.25, 0.3) is 0 Å². The molecule has 0 bridgehead atoms. The van der Waals surface area contributed by atoms with Gasteiger partial charge < -0.3 is 0 Å². The van der Waals surface area contributed by atoms with E-state index in [1.54, 1.807) is 0 Å². The summed E-state index contributed by atoms with van der Waals surface area (Å²) in [4.78, 5) is 2.42. The number of benzene rings is 1. The first-order chi connectivity index (χ1) is 7.80. The Hall–Kier alpha value is -1.33. The summed E-state index contributed by atoms with van der Waals surface area (Å²) in [6.45, 7) is 7.56. The molecule has 0 saturated carbocycles. The molecule has 0 aliphatic heterocycles. The minimum absolute atomic E-state index is 0.754. The van der Waals surface area contributed by atoms with Crippen LogP contribution in [0.25, 0.3) is 0 Å². The summed E-state index contributed by atoms with van der Waals surface area (Å²) < 4.78 is 0. The predicted molar refractivity (Wildman–Crippen MR) is 67.0 cm³/mol. The van der Waals surface area contributed by atoms with Gasteiger partial charge in [0.15, 0.2) is 0 Å². The Bertz CT molecular complexity index is 352. The number of hydrogen-bond donors (Lipinski definition) is 0. The molecule has 0 aliphatic carbocycles. The lowest BCUT2D eigenvalue weighted by Gasteiger charge is -2.20. The van der Waals surface area contributed by atoms with E-state index in [1.807, 2.05) is 18.2 Å². The van der Waals surface area contributed by atoms with Crippen LogP contribution in [0.15, 0.2) is 24.3 Å². The Balaban J connectivity index is 2.59. The zero-order valence-electron chi connectivity index (χ0n) is 10.2. The monoisotopic (exact) mass is 216 g/mol. The van der Waals surface area contributed by atoms with Gasteiger partial charge in [-0.25, -0.2) is 0 Å². The van der Waals surface area contributed by atoms with Crippen molar-refractivity contribution in [2.45, 2.75) is 33.2 Å². The molecule has 1 aromatic carbocycles. The molecule has 0 fully saturated rings. The van der Waals surface area contributed by atoms with Gasteiger partial charge in [0.1, 0.15) is 0 Å². The van der Waals surface area contributed by atoms with E-state index in [1.165, 1.54) is 18.4 Å². The maximum absolute atomic E-state index is 8.83. The van der Waals surface area contributed by atoms with Crippen molar-refractivity contribution in [3.63, 3.8) is 0 Å². The van der Waals surface area contributed by atoms with E-state index in [2.05, 4.69) is 30.9 Å². The fraction of sp³-hybridized carbons (Fsp3) is 0.500. The molecule has 1 aromatic rings. The van der Waals surface area contributed by atoms with Crippen LogP contribution < -0.4 is 0 Å². The molecule has 0 radical (unpaired) electrons. The lowest BCUT2D eigenvalue weighted by Crippen LogP contribution is -2.23. The predicted octanol–water partition coefficient (Wildman–Crippen LogP) is 3.18. The standard InChI is InChI=1S/C14H20N2/c1-3-5-9-16(4-2)12-14-8-6-7-13(10-14)11-15/h6-8,10H,3-5,9,12H2,1-2H3. The molecule has 86 valence electrons. The SMILES string of the molecule is CCCCN(CC)Cc1cccc(C#N)c1. The van der Waals surface area contributed by atoms with Gasteiger partial charge in [-0.15, -0.1) is 0 Å². The lowest BCUT2D eigenvalue weighted by atomic mass is 10.1. The fourth-order valence-electron chi connectivity index (χ4n) is 1.73. The maximum Gasteiger partial charge on any atom is 0.0991 e. The Morgan fingerprint density at radius 2 is 2.12 bits per heavy atom. The number of nitriles is 1. The van der Waals surface area contributed by atoms with Crippen molar-refractivity contribution >= 4 is 0 Å². The zero-order chi connectivity index (χ0) is 11.8. The average molecular weight is 216 g/mol. The van der Waals surface area contributed by atoms with E-state index in [9.17, 15) is 0 Å². The highest BCUT2D eigenvalue weighted by Gasteiger charge is 2.03. The van der Waals surface area contributed by atoms with Crippen LogP contribution in [0.3, 0.4) is 0 Å². The van der Waals surface area contributed by atoms with Gasteiger partial charge in [-0.2, -0.15) is 5.26 Å². The molecule has 0 amide bonds. The molecule has 16 heavy (non-hydrogen) atoms. The molecule has 0 unspecified atom stereocenters. The van der Waals surface area contributed by atoms with Crippen molar-refractivity contribution in [3.05, 3.63) is 35.4 Å². The molecule has 0 heterocycles. The molecule has 2 heteroatoms. The Kier molecular flexibility index (Phi) is 5.60. The normalized spacial score (nSPS) is 10.4. The van der Waals surface area contributed by atoms with Crippen LogP contribution in [0.5, 0.6) is 0 Å². The Labute approximate surface area is 98.5 Å². The number of hydrogen-bond acceptors (Lipinski definition) is 2. The van der Waals surface area contributed by atoms with Crippen molar-refractivity contribution in [1.29, 1.82) is 5.26 Å². The summed E-state index contributed by atoms with van der Waals surface area (Å²) in [5.41, 5.74) is 1.99. The highest BCUT2D eigenvalue weighted by molar-refractivity contribution is 5.32. The van der Waals surface area contributed by atoms with E-state index < -0.39 is 0 Å². The van der Waals surface area contributed by atoms with E-state index in [-0.39, 0.29) is 0 Å². The highest BCUT2D eigenvalue weighted by Crippen LogP contribution is 2.08. The second-order valence-corrected chi connectivity index (χ2v) is 4.03. The van der Waals surface area contributed by atoms with E-state index in [0.717, 1.165) is 25.2 Å². The molecule has 0 atom stereocenters. The molecular weight excluding hydrogens is 196 g/mol. The van der Waals surface area contributed by atoms with Gasteiger partial charge in [-0.1, -0.05) is 32.4 Å². The smallest absolute Gasteiger partial charge is 0.0991 e. The van der Waals surface area contributed by atoms with Crippen LogP contribution in [0, 0.1) is 11.3 Å². The van der Waals surface area contributed by atoms with E-state index >= 15 is 0 Å². The summed E-state index contributed by atoms with van der Waals surface area (Å²) in [7, 11) is 0. The third-order valence-electron chi connectivity index (χ3n) is 2.74. The van der Waals surface area contributed by atoms with Crippen molar-refractivity contribution in [1.82, 2.24) is 4.90 Å². The second-order valence-electron chi connectivity index (χ2n) is 4.03. The summed E-state index contributed by atoms with van der Waals surface area (Å²) >= 11 is 0. The highest BCUT2D eigenvalue weighted by atomic mass is 15.1. The number of nitrogens with zero attached hydrogens (tertiary/aromatic N) is 2. The Morgan fingerprint density at radius 3 is 2.75 bits per heavy atom. The molecule has 2 nitrogen and oxygen atoms in total. The lowest BCUT2D eigenvalue weighted by molar-refractivity contribution is 0.275. The van der Waals surface area contributed by atoms with Crippen molar-refractivity contribution < 1.29 is 0 Å². The van der Waals surface area contributed by atoms with Crippen LogP contribution in [0.2, 0.25) is 0 Å². The van der Waals surface area contributed by atoms with Crippen LogP contribution >= 0.6 is 0 Å². The minimum Gasteiger partial charge on any atom is -0.299 e. The topological polar surface area (TPSA) is 27.0 Å². The fourth-order valence-corrected chi connectivity index (χ4v) is 1.73. The number of rotatable bonds is 6. The summed E-state index contributed by atoms with van der Waals surface area (Å²) in [6.07, 6.45) is 2.47. The van der Waals surface area contributed by atoms with E-state index in [4.69, 9.17) is 5.26 Å². The average Bonchev–Trinajstić information content (AvgIpc) is 2.34. The summed E-state index contributed by atoms with van der Waals surface area (Å²) in [6, 6.07) is 10.1. The van der Waals surface area contributed by atoms with Crippen LogP contribution in [0.4, 0.5) is 0 Å². The van der Waals surface area contributed by atoms with Crippen molar-refractivity contribution in [2.75, 3.05) is 13.1 Å². The largest absolute Gasteiger partial charge is 0.299 e. The first kappa shape index (κ1) is 12.7. The zero-order valence-corrected chi connectivity index (χ0v) is 10.2. The van der Waals surface area contributed by atoms with Crippen LogP contribution in [-0.4, -0.2) is 18.0 Å². The third kappa shape index (κ3) is 4.04. The Morgan fingerprint density at radius 1 is 1.31 bits per heavy atom. The molecule has 0 N–H and O–H groups in total. The van der Waals surface area contributed by atoms with Crippen molar-refractivity contribution in [3.8, 4) is 6.07 Å². The first-order valence-electron chi connectivity index (χ1n) is 6.01. The molecule has 0 aromatic heterocycles. The maximum atomic E-state index is 8.83. The van der Waals surface area contributed by atoms with Gasteiger partial charge in [0.05, 0.1) is 11.6 Å². The molecular formula is C14H20N2. The molecule has 0 saturated heterocycles. The second kappa shape index (κ2) is 7.03. The summed E-state index contributed by atoms with van der Waals surface area (Å²) in [5.74, 6) is 0. The van der Waals surface area contributed by atoms with Gasteiger partial charge in [0.2, 0.25) is 0 Å². The molecule has 1 rings (SSSR count). The van der Waals surface area contributed by atoms with Gasteiger partial charge in [0, 0.05) is 6.54 Å². The molecule has 0 spiro atoms. The van der Waals surface area contributed by atoms with Crippen LogP contribution in [0.1, 0.15) is 37.8 Å². The first-order valence-corrected chi connectivity index (χ1v) is 6.01. The van der Waals surface area contributed by atoms with Gasteiger partial charge in [-0.05, 0) is 37.2 Å². The van der Waals surface area contributed by atoms with Crippen molar-refractivity contribution in [2.24, 2.45) is 0 Å². The summed E-state index contributed by atoms with van der Waals surface area (Å²) in [5, 5.41) is 8.83. The number of unbranched alkanes of at least 4 members (excludes halogenated alkanes) is 1. The van der Waals surface area contributed by atoms with Crippen LogP contribution in [-0.2, 0) is 6.54 Å². The molecule has 0 aliphatic rings. The minimum atomic E-state index is 0.754. The third-order valence-corrected chi connectivity index (χ3v) is 2.74. The van der Waals surface area contributed by atoms with Gasteiger partial charge in [-0.3, -0.25) is 4.90 Å². The quantitative estimate of drug-likeness (QED) is 0.730. The van der Waals surface area contributed by atoms with Gasteiger partial charge >= 0.3 is 0 Å². The van der Waals surface area contributed by atoms with E-state index in [0.29, 0.717) is 0 Å².